The van der Waals surface area contributed by atoms with E-state index < -0.39 is 23.7 Å². The maximum atomic E-state index is 13.2. The minimum absolute atomic E-state index is 0.115. The van der Waals surface area contributed by atoms with E-state index in [9.17, 15) is 9.59 Å². The highest BCUT2D eigenvalue weighted by atomic mass is 16.5. The number of esters is 1. The van der Waals surface area contributed by atoms with Crippen LogP contribution in [0.25, 0.3) is 11.1 Å². The average molecular weight is 562 g/mol. The second-order valence-electron chi connectivity index (χ2n) is 10.2. The molecule has 42 heavy (non-hydrogen) atoms. The van der Waals surface area contributed by atoms with Gasteiger partial charge in [-0.1, -0.05) is 127 Å². The maximum Gasteiger partial charge on any atom is 0.309 e. The van der Waals surface area contributed by atoms with Crippen LogP contribution in [0.5, 0.6) is 0 Å². The Bertz CT molecular complexity index is 1460. The fourth-order valence-electron chi connectivity index (χ4n) is 4.63. The monoisotopic (exact) mass is 561 g/mol. The molecule has 0 aromatic heterocycles. The molecule has 0 spiro atoms. The van der Waals surface area contributed by atoms with Crippen LogP contribution in [-0.4, -0.2) is 28.8 Å². The van der Waals surface area contributed by atoms with Gasteiger partial charge >= 0.3 is 5.97 Å². The fourth-order valence-corrected chi connectivity index (χ4v) is 4.63. The third kappa shape index (κ3) is 8.69. The van der Waals surface area contributed by atoms with E-state index in [0.717, 1.165) is 32.8 Å². The van der Waals surface area contributed by atoms with E-state index in [-0.39, 0.29) is 19.1 Å². The number of amidine groups is 1. The van der Waals surface area contributed by atoms with Gasteiger partial charge in [0.15, 0.2) is 0 Å². The molecule has 4 aromatic rings. The summed E-state index contributed by atoms with van der Waals surface area (Å²) in [6, 6.07) is 36.4. The third-order valence-electron chi connectivity index (χ3n) is 6.91. The van der Waals surface area contributed by atoms with Crippen LogP contribution >= 0.6 is 0 Å². The smallest absolute Gasteiger partial charge is 0.309 e. The summed E-state index contributed by atoms with van der Waals surface area (Å²) in [5.41, 5.74) is 12.4. The van der Waals surface area contributed by atoms with Crippen LogP contribution in [0.15, 0.2) is 120 Å². The minimum Gasteiger partial charge on any atom is -0.461 e. The Hall–Kier alpha value is -5.11. The first-order valence-corrected chi connectivity index (χ1v) is 13.9. The zero-order valence-electron chi connectivity index (χ0n) is 23.6. The van der Waals surface area contributed by atoms with Crippen molar-refractivity contribution in [3.8, 4) is 11.1 Å². The number of rotatable bonds is 12. The Balaban J connectivity index is 1.45. The molecule has 1 amide bonds. The number of amides is 1. The van der Waals surface area contributed by atoms with Gasteiger partial charge in [0.05, 0.1) is 12.5 Å². The number of nitrogens with zero attached hydrogens (tertiary/aromatic N) is 2. The zero-order chi connectivity index (χ0) is 29.7. The molecule has 2 atom stereocenters. The molecule has 0 radical (unpaired) electrons. The quantitative estimate of drug-likeness (QED) is 0.0595. The summed E-state index contributed by atoms with van der Waals surface area (Å²) in [4.78, 5) is 26.1. The summed E-state index contributed by atoms with van der Waals surface area (Å²) in [6.07, 6.45) is 0.755. The number of nitrogens with one attached hydrogen (secondary N) is 3. The van der Waals surface area contributed by atoms with E-state index in [1.807, 2.05) is 115 Å². The lowest BCUT2D eigenvalue weighted by Crippen LogP contribution is -2.46. The number of benzene rings is 4. The molecule has 8 nitrogen and oxygen atoms in total. The Labute approximate surface area is 246 Å². The summed E-state index contributed by atoms with van der Waals surface area (Å²) < 4.78 is 5.54. The number of carbonyl (C=O) groups excluding carboxylic acids is 2. The van der Waals surface area contributed by atoms with E-state index in [2.05, 4.69) is 10.5 Å². The summed E-state index contributed by atoms with van der Waals surface area (Å²) in [5, 5.41) is 15.8. The molecule has 2 unspecified atom stereocenters. The van der Waals surface area contributed by atoms with Gasteiger partial charge < -0.3 is 10.1 Å². The SMILES string of the molecule is CC(CC(Cc1ccc(-c2ccccc2)cc1)NC(=O)C(=N)N(Cc1ccccc1)N=N)C(=O)OCc1ccccc1. The Morgan fingerprint density at radius 3 is 1.93 bits per heavy atom. The maximum absolute atomic E-state index is 13.2. The van der Waals surface area contributed by atoms with E-state index in [0.29, 0.717) is 12.8 Å². The largest absolute Gasteiger partial charge is 0.461 e. The van der Waals surface area contributed by atoms with Crippen molar-refractivity contribution in [3.63, 3.8) is 0 Å². The van der Waals surface area contributed by atoms with Crippen LogP contribution in [0.1, 0.15) is 30.0 Å². The first-order chi connectivity index (χ1) is 20.4. The van der Waals surface area contributed by atoms with E-state index in [4.69, 9.17) is 15.7 Å². The highest BCUT2D eigenvalue weighted by Crippen LogP contribution is 2.21. The summed E-state index contributed by atoms with van der Waals surface area (Å²) in [5.74, 6) is -1.98. The molecule has 0 bridgehead atoms. The Morgan fingerprint density at radius 1 is 0.786 bits per heavy atom. The minimum atomic E-state index is -0.669. The van der Waals surface area contributed by atoms with Crippen molar-refractivity contribution in [2.24, 2.45) is 11.1 Å². The van der Waals surface area contributed by atoms with Gasteiger partial charge in [0.2, 0.25) is 5.84 Å². The van der Waals surface area contributed by atoms with Crippen LogP contribution in [-0.2, 0) is 33.9 Å². The van der Waals surface area contributed by atoms with Crippen molar-refractivity contribution in [2.75, 3.05) is 0 Å². The molecule has 0 aliphatic heterocycles. The fraction of sp³-hybridized carbons (Fsp3) is 0.206. The van der Waals surface area contributed by atoms with Crippen LogP contribution in [0.3, 0.4) is 0 Å². The van der Waals surface area contributed by atoms with E-state index in [1.165, 1.54) is 0 Å². The number of ether oxygens (including phenoxy) is 1. The molecule has 0 saturated carbocycles. The molecule has 0 aliphatic carbocycles. The van der Waals surface area contributed by atoms with Gasteiger partial charge in [-0.2, -0.15) is 5.53 Å². The molecule has 0 aliphatic rings. The Kier molecular flexibility index (Phi) is 10.7. The lowest BCUT2D eigenvalue weighted by Gasteiger charge is -2.24. The van der Waals surface area contributed by atoms with Gasteiger partial charge in [0, 0.05) is 6.04 Å². The van der Waals surface area contributed by atoms with Gasteiger partial charge in [-0.25, -0.2) is 5.01 Å². The summed E-state index contributed by atoms with van der Waals surface area (Å²) >= 11 is 0. The standard InChI is InChI=1S/C34H35N5O3/c1-25(34(41)42-24-28-13-7-3-8-14-28)21-31(22-26-17-19-30(20-18-26)29-15-9-4-10-16-29)37-33(40)32(35)39(38-36)23-27-11-5-2-6-12-27/h2-20,25,31,35-36H,21-24H2,1H3,(H,37,40). The number of hydrogen-bond acceptors (Lipinski definition) is 6. The molecule has 3 N–H and O–H groups in total. The van der Waals surface area contributed by atoms with Gasteiger partial charge in [0.25, 0.3) is 5.91 Å². The third-order valence-corrected chi connectivity index (χ3v) is 6.91. The van der Waals surface area contributed by atoms with E-state index in [1.54, 1.807) is 6.92 Å². The van der Waals surface area contributed by atoms with Gasteiger partial charge in [-0.05, 0) is 40.7 Å². The first-order valence-electron chi connectivity index (χ1n) is 13.9. The van der Waals surface area contributed by atoms with Gasteiger partial charge in [0.1, 0.15) is 6.61 Å². The van der Waals surface area contributed by atoms with Crippen molar-refractivity contribution in [3.05, 3.63) is 132 Å². The first kappa shape index (κ1) is 29.9. The van der Waals surface area contributed by atoms with Crippen LogP contribution in [0.4, 0.5) is 0 Å². The lowest BCUT2D eigenvalue weighted by molar-refractivity contribution is -0.149. The highest BCUT2D eigenvalue weighted by Gasteiger charge is 2.25. The van der Waals surface area contributed by atoms with Crippen molar-refractivity contribution in [1.82, 2.24) is 10.3 Å². The topological polar surface area (TPSA) is 119 Å². The molecule has 4 aromatic carbocycles. The normalized spacial score (nSPS) is 12.0. The summed E-state index contributed by atoms with van der Waals surface area (Å²) in [7, 11) is 0. The predicted octanol–water partition coefficient (Wildman–Crippen LogP) is 6.58. The highest BCUT2D eigenvalue weighted by molar-refractivity contribution is 6.36. The van der Waals surface area contributed by atoms with Crippen molar-refractivity contribution in [1.29, 1.82) is 10.9 Å². The molecule has 4 rings (SSSR count). The van der Waals surface area contributed by atoms with Gasteiger partial charge in [-0.3, -0.25) is 15.0 Å². The second kappa shape index (κ2) is 15.0. The zero-order valence-corrected chi connectivity index (χ0v) is 23.6. The predicted molar refractivity (Wildman–Crippen MR) is 162 cm³/mol. The van der Waals surface area contributed by atoms with Crippen molar-refractivity contribution < 1.29 is 14.3 Å². The molecule has 0 fully saturated rings. The second-order valence-corrected chi connectivity index (χ2v) is 10.2. The molecule has 0 heterocycles. The van der Waals surface area contributed by atoms with Crippen LogP contribution in [0, 0.1) is 16.9 Å². The average Bonchev–Trinajstić information content (AvgIpc) is 3.03. The van der Waals surface area contributed by atoms with Crippen LogP contribution in [0.2, 0.25) is 0 Å². The molecule has 8 heteroatoms. The van der Waals surface area contributed by atoms with Crippen LogP contribution < -0.4 is 5.32 Å². The van der Waals surface area contributed by atoms with E-state index >= 15 is 0 Å². The molecule has 214 valence electrons. The number of carbonyl (C=O) groups is 2. The number of hydrogen-bond donors (Lipinski definition) is 3. The van der Waals surface area contributed by atoms with Crippen molar-refractivity contribution in [2.45, 2.75) is 39.0 Å². The lowest BCUT2D eigenvalue weighted by atomic mass is 9.94. The molecular formula is C34H35N5O3. The molecule has 0 saturated heterocycles. The summed E-state index contributed by atoms with van der Waals surface area (Å²) in [6.45, 7) is 2.06. The van der Waals surface area contributed by atoms with Crippen molar-refractivity contribution >= 4 is 17.7 Å². The molecular weight excluding hydrogens is 526 g/mol. The Morgan fingerprint density at radius 2 is 1.33 bits per heavy atom. The van der Waals surface area contributed by atoms with Gasteiger partial charge in [-0.15, -0.1) is 0 Å².